The van der Waals surface area contributed by atoms with Crippen LogP contribution in [0.4, 0.5) is 0 Å². The second kappa shape index (κ2) is 9.52. The number of aromatic nitrogens is 1. The maximum Gasteiger partial charge on any atom is 0.0713 e. The van der Waals surface area contributed by atoms with E-state index in [1.165, 1.54) is 38.8 Å². The Labute approximate surface area is 234 Å². The molecule has 5 aromatic carbocycles. The summed E-state index contributed by atoms with van der Waals surface area (Å²) in [5.74, 6) is 0. The Kier molecular flexibility index (Phi) is 5.68. The van der Waals surface area contributed by atoms with Crippen LogP contribution in [0.2, 0.25) is 0 Å². The van der Waals surface area contributed by atoms with Crippen LogP contribution in [0.3, 0.4) is 0 Å². The maximum atomic E-state index is 8.46. The number of rotatable bonds is 6. The van der Waals surface area contributed by atoms with Crippen LogP contribution in [0.15, 0.2) is 158 Å². The van der Waals surface area contributed by atoms with Crippen LogP contribution < -0.4 is 0 Å². The lowest BCUT2D eigenvalue weighted by molar-refractivity contribution is 0.769. The van der Waals surface area contributed by atoms with Crippen molar-refractivity contribution in [2.75, 3.05) is 0 Å². The molecule has 0 amide bonds. The number of allylic oxidation sites excluding steroid dienone is 3. The molecule has 0 atom stereocenters. The van der Waals surface area contributed by atoms with E-state index in [1.807, 2.05) is 42.5 Å². The van der Waals surface area contributed by atoms with Gasteiger partial charge in [-0.1, -0.05) is 128 Å². The van der Waals surface area contributed by atoms with Crippen LogP contribution >= 0.6 is 0 Å². The van der Waals surface area contributed by atoms with Gasteiger partial charge in [-0.15, -0.1) is 0 Å². The molecule has 2 heteroatoms. The van der Waals surface area contributed by atoms with Crippen LogP contribution in [0.1, 0.15) is 27.8 Å². The van der Waals surface area contributed by atoms with Gasteiger partial charge in [0.05, 0.1) is 16.6 Å². The molecule has 2 nitrogen and oxygen atoms in total. The van der Waals surface area contributed by atoms with Crippen molar-refractivity contribution in [3.05, 3.63) is 186 Å². The van der Waals surface area contributed by atoms with E-state index in [4.69, 9.17) is 5.41 Å². The second-order valence-electron chi connectivity index (χ2n) is 10.2. The van der Waals surface area contributed by atoms with E-state index in [0.717, 1.165) is 16.8 Å². The predicted octanol–water partition coefficient (Wildman–Crippen LogP) is 9.10. The van der Waals surface area contributed by atoms with Crippen molar-refractivity contribution in [1.29, 1.82) is 5.41 Å². The topological polar surface area (TPSA) is 28.8 Å². The van der Waals surface area contributed by atoms with Gasteiger partial charge in [-0.2, -0.15) is 0 Å². The summed E-state index contributed by atoms with van der Waals surface area (Å²) in [6, 6.07) is 47.1. The van der Waals surface area contributed by atoms with E-state index in [1.54, 1.807) is 0 Å². The molecule has 0 bridgehead atoms. The SMILES string of the molecule is C=C(C=CC(=N)c1ccccc1)n1ccc2c3c(ccc21)C(c1ccccc1)(c1ccccc1)c1ccccc1-3. The van der Waals surface area contributed by atoms with Crippen molar-refractivity contribution in [1.82, 2.24) is 4.57 Å². The van der Waals surface area contributed by atoms with Gasteiger partial charge in [0.25, 0.3) is 0 Å². The summed E-state index contributed by atoms with van der Waals surface area (Å²) in [5.41, 5.74) is 10.5. The molecule has 0 spiro atoms. The number of hydrogen-bond acceptors (Lipinski definition) is 1. The van der Waals surface area contributed by atoms with Crippen LogP contribution in [-0.2, 0) is 5.41 Å². The minimum Gasteiger partial charge on any atom is -0.317 e. The van der Waals surface area contributed by atoms with E-state index in [-0.39, 0.29) is 0 Å². The molecular formula is C38H28N2. The largest absolute Gasteiger partial charge is 0.317 e. The molecule has 0 unspecified atom stereocenters. The molecule has 0 aliphatic heterocycles. The fourth-order valence-corrected chi connectivity index (χ4v) is 6.38. The summed E-state index contributed by atoms with van der Waals surface area (Å²) >= 11 is 0. The van der Waals surface area contributed by atoms with Crippen LogP contribution in [0.5, 0.6) is 0 Å². The summed E-state index contributed by atoms with van der Waals surface area (Å²) in [5, 5.41) is 9.66. The summed E-state index contributed by atoms with van der Waals surface area (Å²) in [7, 11) is 0. The fourth-order valence-electron chi connectivity index (χ4n) is 6.38. The highest BCUT2D eigenvalue weighted by Gasteiger charge is 2.46. The van der Waals surface area contributed by atoms with Gasteiger partial charge < -0.3 is 9.98 Å². The van der Waals surface area contributed by atoms with Crippen LogP contribution in [-0.4, -0.2) is 10.3 Å². The molecule has 40 heavy (non-hydrogen) atoms. The van der Waals surface area contributed by atoms with Crippen molar-refractivity contribution in [2.45, 2.75) is 5.41 Å². The fraction of sp³-hybridized carbons (Fsp3) is 0.0263. The van der Waals surface area contributed by atoms with Gasteiger partial charge in [0.1, 0.15) is 0 Å². The first-order valence-corrected chi connectivity index (χ1v) is 13.6. The number of fused-ring (bicyclic) bond motifs is 5. The van der Waals surface area contributed by atoms with Crippen molar-refractivity contribution in [2.24, 2.45) is 0 Å². The van der Waals surface area contributed by atoms with E-state index in [9.17, 15) is 0 Å². The van der Waals surface area contributed by atoms with Crippen molar-refractivity contribution in [3.8, 4) is 11.1 Å². The average molecular weight is 513 g/mol. The standard InChI is InChI=1S/C38H28N2/c1-27(21-23-35(39)28-13-5-2-6-14-28)40-26-25-32-36(40)24-22-34-37(32)31-19-11-12-20-33(31)38(34,29-15-7-3-8-16-29)30-17-9-4-10-18-30/h2-26,39H,1H2. The number of hydrogen-bond donors (Lipinski definition) is 1. The van der Waals surface area contributed by atoms with Gasteiger partial charge in [-0.25, -0.2) is 0 Å². The van der Waals surface area contributed by atoms with Crippen molar-refractivity contribution < 1.29 is 0 Å². The monoisotopic (exact) mass is 512 g/mol. The van der Waals surface area contributed by atoms with Crippen LogP contribution in [0.25, 0.3) is 27.7 Å². The molecule has 0 saturated carbocycles. The second-order valence-corrected chi connectivity index (χ2v) is 10.2. The van der Waals surface area contributed by atoms with Gasteiger partial charge in [0, 0.05) is 17.3 Å². The first-order valence-electron chi connectivity index (χ1n) is 13.6. The molecule has 1 N–H and O–H groups in total. The van der Waals surface area contributed by atoms with Gasteiger partial charge in [0.2, 0.25) is 0 Å². The van der Waals surface area contributed by atoms with Gasteiger partial charge in [0.15, 0.2) is 0 Å². The minimum absolute atomic E-state index is 0.410. The maximum absolute atomic E-state index is 8.46. The van der Waals surface area contributed by atoms with E-state index in [2.05, 4.69) is 120 Å². The molecule has 0 saturated heterocycles. The highest BCUT2D eigenvalue weighted by atomic mass is 15.0. The van der Waals surface area contributed by atoms with Crippen molar-refractivity contribution >= 4 is 22.3 Å². The molecule has 6 aromatic rings. The summed E-state index contributed by atoms with van der Waals surface area (Å²) in [4.78, 5) is 0. The molecule has 7 rings (SSSR count). The zero-order valence-electron chi connectivity index (χ0n) is 22.1. The van der Waals surface area contributed by atoms with E-state index < -0.39 is 5.41 Å². The molecule has 1 aliphatic rings. The zero-order valence-corrected chi connectivity index (χ0v) is 22.1. The Morgan fingerprint density at radius 2 is 1.23 bits per heavy atom. The quantitative estimate of drug-likeness (QED) is 0.170. The number of benzene rings is 5. The third-order valence-corrected chi connectivity index (χ3v) is 8.13. The Morgan fingerprint density at radius 3 is 1.90 bits per heavy atom. The highest BCUT2D eigenvalue weighted by molar-refractivity contribution is 6.08. The summed E-state index contributed by atoms with van der Waals surface area (Å²) < 4.78 is 2.12. The lowest BCUT2D eigenvalue weighted by Crippen LogP contribution is -2.28. The number of nitrogens with zero attached hydrogens (tertiary/aromatic N) is 1. The van der Waals surface area contributed by atoms with Gasteiger partial charge in [-0.05, 0) is 63.2 Å². The lowest BCUT2D eigenvalue weighted by Gasteiger charge is -2.33. The smallest absolute Gasteiger partial charge is 0.0713 e. The predicted molar refractivity (Wildman–Crippen MR) is 167 cm³/mol. The van der Waals surface area contributed by atoms with Crippen LogP contribution in [0, 0.1) is 5.41 Å². The molecule has 0 fully saturated rings. The molecule has 1 aromatic heterocycles. The average Bonchev–Trinajstić information content (AvgIpc) is 3.59. The molecular weight excluding hydrogens is 484 g/mol. The van der Waals surface area contributed by atoms with Gasteiger partial charge >= 0.3 is 0 Å². The molecule has 1 aliphatic carbocycles. The third kappa shape index (κ3) is 3.54. The third-order valence-electron chi connectivity index (χ3n) is 8.13. The first-order chi connectivity index (χ1) is 19.7. The Hall–Kier alpha value is -5.21. The molecule has 1 heterocycles. The lowest BCUT2D eigenvalue weighted by atomic mass is 9.67. The Bertz CT molecular complexity index is 1870. The molecule has 190 valence electrons. The van der Waals surface area contributed by atoms with E-state index >= 15 is 0 Å². The summed E-state index contributed by atoms with van der Waals surface area (Å²) in [6.07, 6.45) is 5.84. The Balaban J connectivity index is 1.41. The van der Waals surface area contributed by atoms with E-state index in [0.29, 0.717) is 5.71 Å². The van der Waals surface area contributed by atoms with Crippen molar-refractivity contribution in [3.63, 3.8) is 0 Å². The summed E-state index contributed by atoms with van der Waals surface area (Å²) in [6.45, 7) is 4.35. The number of nitrogens with one attached hydrogen (secondary N) is 1. The minimum atomic E-state index is -0.410. The van der Waals surface area contributed by atoms with Gasteiger partial charge in [-0.3, -0.25) is 0 Å². The first kappa shape index (κ1) is 23.9. The highest BCUT2D eigenvalue weighted by Crippen LogP contribution is 2.57. The normalized spacial score (nSPS) is 13.3. The molecule has 0 radical (unpaired) electrons. The Morgan fingerprint density at radius 1 is 0.625 bits per heavy atom. The zero-order chi connectivity index (χ0) is 27.1.